The fourth-order valence-corrected chi connectivity index (χ4v) is 2.87. The maximum Gasteiger partial charge on any atom is 0.339 e. The normalized spacial score (nSPS) is 19.6. The topological polar surface area (TPSA) is 56.7 Å². The van der Waals surface area contributed by atoms with Gasteiger partial charge in [-0.1, -0.05) is 0 Å². The predicted molar refractivity (Wildman–Crippen MR) is 77.8 cm³/mol. The first-order valence-electron chi connectivity index (χ1n) is 6.26. The highest BCUT2D eigenvalue weighted by molar-refractivity contribution is 9.10. The first-order chi connectivity index (χ1) is 8.97. The molecule has 1 atom stereocenters. The van der Waals surface area contributed by atoms with Crippen molar-refractivity contribution >= 4 is 27.7 Å². The number of halogens is 1. The predicted octanol–water partition coefficient (Wildman–Crippen LogP) is 1.93. The zero-order chi connectivity index (χ0) is 14.0. The van der Waals surface area contributed by atoms with Gasteiger partial charge in [0.05, 0.1) is 0 Å². The van der Waals surface area contributed by atoms with Crippen molar-refractivity contribution in [1.29, 1.82) is 0 Å². The number of carboxylic acid groups (broad SMARTS) is 1. The van der Waals surface area contributed by atoms with Gasteiger partial charge in [0.15, 0.2) is 0 Å². The number of likely N-dealkylation sites (tertiary alicyclic amines) is 1. The minimum atomic E-state index is -0.945. The fraction of sp³-hybridized carbons (Fsp3) is 0.538. The molecule has 6 heteroatoms. The van der Waals surface area contributed by atoms with Crippen molar-refractivity contribution in [2.24, 2.45) is 5.92 Å². The van der Waals surface area contributed by atoms with Gasteiger partial charge in [-0.15, -0.1) is 0 Å². The molecule has 0 amide bonds. The highest BCUT2D eigenvalue weighted by Gasteiger charge is 2.23. The second kappa shape index (κ2) is 5.88. The smallest absolute Gasteiger partial charge is 0.339 e. The second-order valence-electron chi connectivity index (χ2n) is 5.13. The summed E-state index contributed by atoms with van der Waals surface area (Å²) in [6, 6.07) is 1.60. The van der Waals surface area contributed by atoms with E-state index in [-0.39, 0.29) is 5.56 Å². The molecule has 1 fully saturated rings. The Kier molecular flexibility index (Phi) is 4.42. The molecule has 0 radical (unpaired) electrons. The van der Waals surface area contributed by atoms with Crippen molar-refractivity contribution in [2.45, 2.75) is 6.42 Å². The van der Waals surface area contributed by atoms with Crippen LogP contribution in [0, 0.1) is 5.92 Å². The van der Waals surface area contributed by atoms with Crippen molar-refractivity contribution in [3.05, 3.63) is 22.3 Å². The van der Waals surface area contributed by atoms with Crippen LogP contribution in [0.3, 0.4) is 0 Å². The summed E-state index contributed by atoms with van der Waals surface area (Å²) in [5.74, 6) is 0.159. The first-order valence-corrected chi connectivity index (χ1v) is 7.05. The van der Waals surface area contributed by atoms with Crippen LogP contribution in [0.15, 0.2) is 16.7 Å². The van der Waals surface area contributed by atoms with Crippen LogP contribution in [0.2, 0.25) is 0 Å². The minimum Gasteiger partial charge on any atom is -0.478 e. The Bertz CT molecular complexity index is 481. The molecule has 0 aliphatic carbocycles. The second-order valence-corrected chi connectivity index (χ2v) is 6.04. The first kappa shape index (κ1) is 14.3. The summed E-state index contributed by atoms with van der Waals surface area (Å²) in [5, 5.41) is 9.25. The van der Waals surface area contributed by atoms with Crippen molar-refractivity contribution in [3.63, 3.8) is 0 Å². The summed E-state index contributed by atoms with van der Waals surface area (Å²) < 4.78 is 0.683. The van der Waals surface area contributed by atoms with Crippen LogP contribution in [0.25, 0.3) is 0 Å². The fourth-order valence-electron chi connectivity index (χ4n) is 2.54. The summed E-state index contributed by atoms with van der Waals surface area (Å²) in [6.07, 6.45) is 2.79. The maximum absolute atomic E-state index is 11.3. The number of carboxylic acids is 1. The summed E-state index contributed by atoms with van der Waals surface area (Å²) in [5.41, 5.74) is 0.239. The van der Waals surface area contributed by atoms with E-state index in [4.69, 9.17) is 0 Å². The van der Waals surface area contributed by atoms with Crippen molar-refractivity contribution < 1.29 is 9.90 Å². The van der Waals surface area contributed by atoms with E-state index in [1.165, 1.54) is 0 Å². The molecule has 1 aromatic rings. The van der Waals surface area contributed by atoms with E-state index in [9.17, 15) is 9.90 Å². The maximum atomic E-state index is 11.3. The lowest BCUT2D eigenvalue weighted by molar-refractivity contribution is 0.0697. The third-order valence-corrected chi connectivity index (χ3v) is 3.88. The summed E-state index contributed by atoms with van der Waals surface area (Å²) in [4.78, 5) is 19.8. The molecule has 0 aromatic carbocycles. The molecule has 1 unspecified atom stereocenters. The molecule has 1 N–H and O–H groups in total. The van der Waals surface area contributed by atoms with E-state index in [1.807, 2.05) is 11.9 Å². The molecule has 0 bridgehead atoms. The molecular formula is C13H18BrN3O2. The molecule has 1 aliphatic heterocycles. The van der Waals surface area contributed by atoms with Crippen LogP contribution in [0.5, 0.6) is 0 Å². The Balaban J connectivity index is 2.14. The van der Waals surface area contributed by atoms with Crippen LogP contribution < -0.4 is 4.90 Å². The van der Waals surface area contributed by atoms with E-state index >= 15 is 0 Å². The van der Waals surface area contributed by atoms with Gasteiger partial charge in [0.1, 0.15) is 11.4 Å². The molecule has 0 saturated carbocycles. The Morgan fingerprint density at radius 3 is 3.00 bits per heavy atom. The Hall–Kier alpha value is -1.14. The average molecular weight is 328 g/mol. The Morgan fingerprint density at radius 2 is 2.42 bits per heavy atom. The molecule has 1 aromatic heterocycles. The molecule has 2 heterocycles. The van der Waals surface area contributed by atoms with E-state index in [0.717, 1.165) is 26.1 Å². The van der Waals surface area contributed by atoms with Gasteiger partial charge >= 0.3 is 5.97 Å². The molecule has 2 rings (SSSR count). The molecule has 19 heavy (non-hydrogen) atoms. The number of anilines is 1. The van der Waals surface area contributed by atoms with Gasteiger partial charge in [-0.25, -0.2) is 9.78 Å². The van der Waals surface area contributed by atoms with Gasteiger partial charge in [0.2, 0.25) is 0 Å². The van der Waals surface area contributed by atoms with Crippen LogP contribution in [-0.4, -0.2) is 54.7 Å². The van der Waals surface area contributed by atoms with E-state index in [2.05, 4.69) is 32.9 Å². The largest absolute Gasteiger partial charge is 0.478 e. The van der Waals surface area contributed by atoms with Crippen molar-refractivity contribution in [2.75, 3.05) is 38.6 Å². The molecule has 1 saturated heterocycles. The standard InChI is InChI=1S/C13H18BrN3O2/c1-16-4-3-9(7-16)8-17(2)12-11(13(18)19)5-10(14)6-15-12/h5-6,9H,3-4,7-8H2,1-2H3,(H,18,19). The van der Waals surface area contributed by atoms with Crippen LogP contribution in [0.1, 0.15) is 16.8 Å². The highest BCUT2D eigenvalue weighted by atomic mass is 79.9. The monoisotopic (exact) mass is 327 g/mol. The summed E-state index contributed by atoms with van der Waals surface area (Å²) in [7, 11) is 4.02. The quantitative estimate of drug-likeness (QED) is 0.915. The number of aromatic carboxylic acids is 1. The van der Waals surface area contributed by atoms with Gasteiger partial charge in [-0.05, 0) is 47.9 Å². The van der Waals surface area contributed by atoms with Gasteiger partial charge in [0, 0.05) is 30.8 Å². The number of hydrogen-bond acceptors (Lipinski definition) is 4. The van der Waals surface area contributed by atoms with Gasteiger partial charge in [-0.3, -0.25) is 0 Å². The lowest BCUT2D eigenvalue weighted by Crippen LogP contribution is -2.29. The van der Waals surface area contributed by atoms with Crippen LogP contribution >= 0.6 is 15.9 Å². The van der Waals surface area contributed by atoms with Crippen LogP contribution in [-0.2, 0) is 0 Å². The van der Waals surface area contributed by atoms with Gasteiger partial charge in [0.25, 0.3) is 0 Å². The lowest BCUT2D eigenvalue weighted by Gasteiger charge is -2.23. The number of rotatable bonds is 4. The Morgan fingerprint density at radius 1 is 1.68 bits per heavy atom. The number of aromatic nitrogens is 1. The minimum absolute atomic E-state index is 0.239. The molecule has 0 spiro atoms. The number of nitrogens with zero attached hydrogens (tertiary/aromatic N) is 3. The summed E-state index contributed by atoms with van der Waals surface area (Å²) >= 11 is 3.26. The molecular weight excluding hydrogens is 310 g/mol. The zero-order valence-electron chi connectivity index (χ0n) is 11.1. The van der Waals surface area contributed by atoms with E-state index in [1.54, 1.807) is 12.3 Å². The van der Waals surface area contributed by atoms with Crippen LogP contribution in [0.4, 0.5) is 5.82 Å². The number of carbonyl (C=O) groups is 1. The Labute approximate surface area is 121 Å². The van der Waals surface area contributed by atoms with E-state index < -0.39 is 5.97 Å². The SMILES string of the molecule is CN1CCC(CN(C)c2ncc(Br)cc2C(=O)O)C1. The molecule has 1 aliphatic rings. The molecule has 104 valence electrons. The zero-order valence-corrected chi connectivity index (χ0v) is 12.7. The average Bonchev–Trinajstić information content (AvgIpc) is 2.74. The molecule has 5 nitrogen and oxygen atoms in total. The van der Waals surface area contributed by atoms with E-state index in [0.29, 0.717) is 16.2 Å². The number of pyridine rings is 1. The summed E-state index contributed by atoms with van der Waals surface area (Å²) in [6.45, 7) is 3.00. The van der Waals surface area contributed by atoms with Gasteiger partial charge < -0.3 is 14.9 Å². The van der Waals surface area contributed by atoms with Crippen molar-refractivity contribution in [1.82, 2.24) is 9.88 Å². The van der Waals surface area contributed by atoms with Gasteiger partial charge in [-0.2, -0.15) is 0 Å². The van der Waals surface area contributed by atoms with Crippen molar-refractivity contribution in [3.8, 4) is 0 Å². The highest BCUT2D eigenvalue weighted by Crippen LogP contribution is 2.23. The third kappa shape index (κ3) is 3.45. The lowest BCUT2D eigenvalue weighted by atomic mass is 10.1. The number of hydrogen-bond donors (Lipinski definition) is 1. The third-order valence-electron chi connectivity index (χ3n) is 3.45.